The van der Waals surface area contributed by atoms with E-state index in [1.165, 1.54) is 10.6 Å². The van der Waals surface area contributed by atoms with Gasteiger partial charge in [0, 0.05) is 5.56 Å². The standard InChI is InChI=1S/C31H23N5O4/c1-40-22-17-15-20(16-18-22)26-28(33-24-14-8-13-23(32-24)31(38)39)34-29-25(19-9-4-2-5-10-19)27(35-36(29)30(26)37)21-11-6-3-7-12-21/h2-18,34H,1H3,(H,32,33)(H,38,39). The summed E-state index contributed by atoms with van der Waals surface area (Å²) in [6, 6.07) is 31.1. The maximum Gasteiger partial charge on any atom is 0.354 e. The van der Waals surface area contributed by atoms with Gasteiger partial charge in [-0.05, 0) is 35.4 Å². The van der Waals surface area contributed by atoms with Crippen molar-refractivity contribution in [2.75, 3.05) is 12.4 Å². The Balaban J connectivity index is 1.65. The number of fused-ring (bicyclic) bond motifs is 1. The SMILES string of the molecule is COc1ccc(-c2c(Nc3cccc(C(=O)O)n3)[nH]c3c(-c4ccccc4)c(-c4ccccc4)nn3c2=O)cc1. The number of carboxylic acid groups (broad SMARTS) is 1. The van der Waals surface area contributed by atoms with Gasteiger partial charge in [0.1, 0.15) is 28.7 Å². The van der Waals surface area contributed by atoms with Crippen molar-refractivity contribution in [3.8, 4) is 39.3 Å². The molecule has 3 heterocycles. The maximum atomic E-state index is 14.2. The molecule has 6 rings (SSSR count). The van der Waals surface area contributed by atoms with Crippen molar-refractivity contribution in [2.45, 2.75) is 0 Å². The predicted octanol–water partition coefficient (Wildman–Crippen LogP) is 5.87. The van der Waals surface area contributed by atoms with Crippen LogP contribution in [0.1, 0.15) is 10.5 Å². The second-order valence-electron chi connectivity index (χ2n) is 8.96. The normalized spacial score (nSPS) is 10.9. The van der Waals surface area contributed by atoms with Crippen molar-refractivity contribution in [2.24, 2.45) is 0 Å². The van der Waals surface area contributed by atoms with E-state index in [1.807, 2.05) is 60.7 Å². The van der Waals surface area contributed by atoms with Gasteiger partial charge in [-0.1, -0.05) is 78.9 Å². The number of pyridine rings is 1. The van der Waals surface area contributed by atoms with Crippen molar-refractivity contribution in [3.63, 3.8) is 0 Å². The lowest BCUT2D eigenvalue weighted by Gasteiger charge is -2.13. The Morgan fingerprint density at radius 3 is 2.12 bits per heavy atom. The molecule has 6 aromatic rings. The number of hydrogen-bond acceptors (Lipinski definition) is 6. The smallest absolute Gasteiger partial charge is 0.354 e. The minimum absolute atomic E-state index is 0.125. The molecule has 0 spiro atoms. The van der Waals surface area contributed by atoms with Gasteiger partial charge >= 0.3 is 5.97 Å². The van der Waals surface area contributed by atoms with Crippen LogP contribution in [0.25, 0.3) is 39.2 Å². The van der Waals surface area contributed by atoms with Gasteiger partial charge < -0.3 is 20.1 Å². The first-order chi connectivity index (χ1) is 19.5. The Kier molecular flexibility index (Phi) is 6.29. The van der Waals surface area contributed by atoms with Crippen molar-refractivity contribution >= 4 is 23.3 Å². The average Bonchev–Trinajstić information content (AvgIpc) is 3.38. The molecule has 0 radical (unpaired) electrons. The Bertz CT molecular complexity index is 1900. The van der Waals surface area contributed by atoms with E-state index < -0.39 is 5.97 Å². The monoisotopic (exact) mass is 529 g/mol. The Labute approximate surface area is 228 Å². The van der Waals surface area contributed by atoms with Crippen LogP contribution in [0.15, 0.2) is 108 Å². The number of methoxy groups -OCH3 is 1. The summed E-state index contributed by atoms with van der Waals surface area (Å²) in [6.45, 7) is 0. The number of benzene rings is 3. The second-order valence-corrected chi connectivity index (χ2v) is 8.96. The summed E-state index contributed by atoms with van der Waals surface area (Å²) in [6.07, 6.45) is 0. The number of rotatable bonds is 7. The molecule has 0 saturated carbocycles. The molecular weight excluding hydrogens is 506 g/mol. The summed E-state index contributed by atoms with van der Waals surface area (Å²) in [5.41, 5.74) is 4.03. The Morgan fingerprint density at radius 1 is 0.825 bits per heavy atom. The van der Waals surface area contributed by atoms with Crippen LogP contribution in [0.3, 0.4) is 0 Å². The lowest BCUT2D eigenvalue weighted by Crippen LogP contribution is -2.20. The van der Waals surface area contributed by atoms with Gasteiger partial charge in [-0.2, -0.15) is 9.61 Å². The number of carboxylic acids is 1. The van der Waals surface area contributed by atoms with E-state index in [2.05, 4.69) is 15.3 Å². The molecule has 40 heavy (non-hydrogen) atoms. The highest BCUT2D eigenvalue weighted by atomic mass is 16.5. The minimum atomic E-state index is -1.15. The van der Waals surface area contributed by atoms with E-state index in [4.69, 9.17) is 9.84 Å². The highest BCUT2D eigenvalue weighted by Gasteiger charge is 2.23. The van der Waals surface area contributed by atoms with Crippen molar-refractivity contribution in [3.05, 3.63) is 119 Å². The number of H-pyrrole nitrogens is 1. The van der Waals surface area contributed by atoms with Crippen LogP contribution in [0.4, 0.5) is 11.6 Å². The molecule has 0 bridgehead atoms. The number of nitrogens with one attached hydrogen (secondary N) is 2. The van der Waals surface area contributed by atoms with Gasteiger partial charge in [0.2, 0.25) is 0 Å². The van der Waals surface area contributed by atoms with Gasteiger partial charge in [-0.25, -0.2) is 9.78 Å². The fourth-order valence-corrected chi connectivity index (χ4v) is 4.62. The summed E-state index contributed by atoms with van der Waals surface area (Å²) >= 11 is 0. The number of aromatic amines is 1. The van der Waals surface area contributed by atoms with Gasteiger partial charge in [0.25, 0.3) is 5.56 Å². The van der Waals surface area contributed by atoms with E-state index in [-0.39, 0.29) is 17.1 Å². The van der Waals surface area contributed by atoms with Gasteiger partial charge in [-0.3, -0.25) is 4.79 Å². The molecule has 0 unspecified atom stereocenters. The zero-order chi connectivity index (χ0) is 27.6. The lowest BCUT2D eigenvalue weighted by molar-refractivity contribution is 0.0690. The second kappa shape index (κ2) is 10.2. The number of aromatic nitrogens is 4. The zero-order valence-corrected chi connectivity index (χ0v) is 21.3. The molecule has 3 N–H and O–H groups in total. The molecule has 0 aliphatic rings. The van der Waals surface area contributed by atoms with Crippen LogP contribution in [-0.2, 0) is 0 Å². The summed E-state index contributed by atoms with van der Waals surface area (Å²) in [4.78, 5) is 33.3. The van der Waals surface area contributed by atoms with E-state index in [0.717, 1.165) is 16.7 Å². The van der Waals surface area contributed by atoms with Gasteiger partial charge in [0.05, 0.1) is 18.2 Å². The highest BCUT2D eigenvalue weighted by molar-refractivity contribution is 5.92. The summed E-state index contributed by atoms with van der Waals surface area (Å²) in [5.74, 6) is 0.0918. The van der Waals surface area contributed by atoms with E-state index in [9.17, 15) is 14.7 Å². The van der Waals surface area contributed by atoms with Crippen LogP contribution in [0.5, 0.6) is 5.75 Å². The highest BCUT2D eigenvalue weighted by Crippen LogP contribution is 2.36. The molecule has 0 fully saturated rings. The largest absolute Gasteiger partial charge is 0.497 e. The average molecular weight is 530 g/mol. The number of hydrogen-bond donors (Lipinski definition) is 3. The molecule has 0 saturated heterocycles. The third-order valence-electron chi connectivity index (χ3n) is 6.49. The van der Waals surface area contributed by atoms with Gasteiger partial charge in [0.15, 0.2) is 5.69 Å². The lowest BCUT2D eigenvalue weighted by atomic mass is 10.0. The zero-order valence-electron chi connectivity index (χ0n) is 21.3. The molecule has 9 nitrogen and oxygen atoms in total. The van der Waals surface area contributed by atoms with Gasteiger partial charge in [-0.15, -0.1) is 0 Å². The van der Waals surface area contributed by atoms with E-state index in [1.54, 1.807) is 43.5 Å². The fraction of sp³-hybridized carbons (Fsp3) is 0.0323. The number of anilines is 2. The number of nitrogens with zero attached hydrogens (tertiary/aromatic N) is 3. The molecule has 9 heteroatoms. The first kappa shape index (κ1) is 24.6. The van der Waals surface area contributed by atoms with Crippen LogP contribution in [-0.4, -0.2) is 37.8 Å². The molecule has 0 aliphatic carbocycles. The first-order valence-corrected chi connectivity index (χ1v) is 12.4. The topological polar surface area (TPSA) is 122 Å². The van der Waals surface area contributed by atoms with Crippen LogP contribution < -0.4 is 15.6 Å². The first-order valence-electron chi connectivity index (χ1n) is 12.4. The third-order valence-corrected chi connectivity index (χ3v) is 6.49. The fourth-order valence-electron chi connectivity index (χ4n) is 4.62. The Morgan fingerprint density at radius 2 is 1.48 bits per heavy atom. The summed E-state index contributed by atoms with van der Waals surface area (Å²) in [5, 5.41) is 17.4. The summed E-state index contributed by atoms with van der Waals surface area (Å²) in [7, 11) is 1.57. The number of aromatic carboxylic acids is 1. The Hall–Kier alpha value is -5.70. The molecule has 196 valence electrons. The molecule has 0 atom stereocenters. The predicted molar refractivity (Wildman–Crippen MR) is 153 cm³/mol. The van der Waals surface area contributed by atoms with E-state index in [0.29, 0.717) is 34.0 Å². The van der Waals surface area contributed by atoms with Crippen molar-refractivity contribution < 1.29 is 14.6 Å². The molecular formula is C31H23N5O4. The molecule has 3 aromatic heterocycles. The summed E-state index contributed by atoms with van der Waals surface area (Å²) < 4.78 is 6.67. The number of carbonyl (C=O) groups is 1. The minimum Gasteiger partial charge on any atom is -0.497 e. The third kappa shape index (κ3) is 4.45. The molecule has 3 aromatic carbocycles. The van der Waals surface area contributed by atoms with E-state index >= 15 is 0 Å². The number of ether oxygens (including phenoxy) is 1. The van der Waals surface area contributed by atoms with Crippen LogP contribution in [0.2, 0.25) is 0 Å². The van der Waals surface area contributed by atoms with Crippen LogP contribution >= 0.6 is 0 Å². The quantitative estimate of drug-likeness (QED) is 0.236. The van der Waals surface area contributed by atoms with Crippen molar-refractivity contribution in [1.29, 1.82) is 0 Å². The maximum absolute atomic E-state index is 14.2. The molecule has 0 amide bonds. The van der Waals surface area contributed by atoms with Crippen LogP contribution in [0, 0.1) is 0 Å². The van der Waals surface area contributed by atoms with Crippen molar-refractivity contribution in [1.82, 2.24) is 19.6 Å². The molecule has 0 aliphatic heterocycles.